The quantitative estimate of drug-likeness (QED) is 0.930. The Labute approximate surface area is 131 Å². The summed E-state index contributed by atoms with van der Waals surface area (Å²) >= 11 is 1.75. The third-order valence-corrected chi connectivity index (χ3v) is 4.85. The van der Waals surface area contributed by atoms with Crippen LogP contribution in [0.1, 0.15) is 44.4 Å². The van der Waals surface area contributed by atoms with Crippen molar-refractivity contribution < 1.29 is 9.53 Å². The lowest BCUT2D eigenvalue weighted by Gasteiger charge is -2.37. The second-order valence-electron chi connectivity index (χ2n) is 6.69. The molecular formula is C16H26N2O2S. The van der Waals surface area contributed by atoms with Crippen LogP contribution in [0, 0.1) is 5.92 Å². The molecule has 1 saturated heterocycles. The van der Waals surface area contributed by atoms with E-state index >= 15 is 0 Å². The summed E-state index contributed by atoms with van der Waals surface area (Å²) in [5, 5.41) is 2.09. The number of hydrogen-bond donors (Lipinski definition) is 1. The Hall–Kier alpha value is -1.07. The monoisotopic (exact) mass is 310 g/mol. The number of nitrogens with zero attached hydrogens (tertiary/aromatic N) is 1. The molecule has 0 aromatic carbocycles. The lowest BCUT2D eigenvalue weighted by atomic mass is 9.84. The molecule has 2 heterocycles. The third kappa shape index (κ3) is 4.45. The Kier molecular flexibility index (Phi) is 5.27. The molecule has 0 spiro atoms. The minimum absolute atomic E-state index is 0.200. The molecular weight excluding hydrogens is 284 g/mol. The molecule has 2 atom stereocenters. The Morgan fingerprint density at radius 3 is 2.90 bits per heavy atom. The summed E-state index contributed by atoms with van der Waals surface area (Å²) in [6.45, 7) is 7.87. The van der Waals surface area contributed by atoms with E-state index in [0.717, 1.165) is 25.9 Å². The van der Waals surface area contributed by atoms with Crippen molar-refractivity contribution in [3.05, 3.63) is 22.4 Å². The van der Waals surface area contributed by atoms with E-state index in [1.807, 2.05) is 25.7 Å². The normalized spacial score (nSPS) is 21.1. The maximum Gasteiger partial charge on any atom is 0.410 e. The van der Waals surface area contributed by atoms with Gasteiger partial charge in [-0.1, -0.05) is 6.07 Å². The smallest absolute Gasteiger partial charge is 0.410 e. The Morgan fingerprint density at radius 1 is 1.57 bits per heavy atom. The van der Waals surface area contributed by atoms with Gasteiger partial charge >= 0.3 is 6.09 Å². The number of hydrogen-bond acceptors (Lipinski definition) is 4. The minimum Gasteiger partial charge on any atom is -0.444 e. The van der Waals surface area contributed by atoms with Crippen molar-refractivity contribution in [3.8, 4) is 0 Å². The highest BCUT2D eigenvalue weighted by molar-refractivity contribution is 7.10. The van der Waals surface area contributed by atoms with E-state index in [9.17, 15) is 4.79 Å². The van der Waals surface area contributed by atoms with Crippen LogP contribution in [0.25, 0.3) is 0 Å². The molecule has 1 aliphatic rings. The average Bonchev–Trinajstić information content (AvgIpc) is 2.92. The van der Waals surface area contributed by atoms with Crippen LogP contribution in [0.15, 0.2) is 17.5 Å². The number of likely N-dealkylation sites (tertiary alicyclic amines) is 1. The van der Waals surface area contributed by atoms with Crippen LogP contribution >= 0.6 is 11.3 Å². The van der Waals surface area contributed by atoms with E-state index < -0.39 is 5.60 Å². The summed E-state index contributed by atoms with van der Waals surface area (Å²) in [5.41, 5.74) is 5.55. The molecule has 0 bridgehead atoms. The maximum atomic E-state index is 12.2. The van der Waals surface area contributed by atoms with Crippen LogP contribution in [0.5, 0.6) is 0 Å². The van der Waals surface area contributed by atoms with Gasteiger partial charge in [0.2, 0.25) is 0 Å². The topological polar surface area (TPSA) is 55.6 Å². The first kappa shape index (κ1) is 16.3. The molecule has 0 saturated carbocycles. The summed E-state index contributed by atoms with van der Waals surface area (Å²) in [6, 6.07) is 4.21. The van der Waals surface area contributed by atoms with Gasteiger partial charge in [0.25, 0.3) is 0 Å². The molecule has 118 valence electrons. The molecule has 0 radical (unpaired) electrons. The summed E-state index contributed by atoms with van der Waals surface area (Å²) in [4.78, 5) is 15.4. The SMILES string of the molecule is CC(C)(C)OC(=O)N1CCCC(C(CN)c2cccs2)C1. The van der Waals surface area contributed by atoms with Gasteiger partial charge in [-0.3, -0.25) is 0 Å². The van der Waals surface area contributed by atoms with Crippen molar-refractivity contribution in [2.75, 3.05) is 19.6 Å². The van der Waals surface area contributed by atoms with E-state index in [1.165, 1.54) is 4.88 Å². The number of ether oxygens (including phenoxy) is 1. The van der Waals surface area contributed by atoms with Crippen LogP contribution in [-0.2, 0) is 4.74 Å². The number of piperidine rings is 1. The summed E-state index contributed by atoms with van der Waals surface area (Å²) in [7, 11) is 0. The van der Waals surface area contributed by atoms with E-state index in [0.29, 0.717) is 18.4 Å². The number of thiophene rings is 1. The highest BCUT2D eigenvalue weighted by Crippen LogP contribution is 2.33. The summed E-state index contributed by atoms with van der Waals surface area (Å²) in [5.74, 6) is 0.769. The van der Waals surface area contributed by atoms with Gasteiger partial charge < -0.3 is 15.4 Å². The summed E-state index contributed by atoms with van der Waals surface area (Å²) in [6.07, 6.45) is 1.94. The highest BCUT2D eigenvalue weighted by Gasteiger charge is 2.32. The lowest BCUT2D eigenvalue weighted by Crippen LogP contribution is -2.44. The minimum atomic E-state index is -0.439. The van der Waals surface area contributed by atoms with Crippen molar-refractivity contribution >= 4 is 17.4 Å². The molecule has 21 heavy (non-hydrogen) atoms. The van der Waals surface area contributed by atoms with Crippen molar-refractivity contribution in [3.63, 3.8) is 0 Å². The van der Waals surface area contributed by atoms with Gasteiger partial charge in [-0.15, -0.1) is 11.3 Å². The molecule has 1 aromatic rings. The van der Waals surface area contributed by atoms with E-state index in [4.69, 9.17) is 10.5 Å². The van der Waals surface area contributed by atoms with Crippen LogP contribution < -0.4 is 5.73 Å². The second-order valence-corrected chi connectivity index (χ2v) is 7.67. The Bertz CT molecular complexity index is 453. The molecule has 2 rings (SSSR count). The van der Waals surface area contributed by atoms with Crippen LogP contribution in [0.3, 0.4) is 0 Å². The van der Waals surface area contributed by atoms with Gasteiger partial charge in [-0.2, -0.15) is 0 Å². The first-order valence-corrected chi connectivity index (χ1v) is 8.50. The molecule has 0 aliphatic carbocycles. The van der Waals surface area contributed by atoms with Crippen LogP contribution in [0.4, 0.5) is 4.79 Å². The fourth-order valence-electron chi connectivity index (χ4n) is 2.87. The number of amides is 1. The van der Waals surface area contributed by atoms with Gasteiger partial charge in [0.05, 0.1) is 0 Å². The van der Waals surface area contributed by atoms with Gasteiger partial charge in [-0.05, 0) is 51.0 Å². The average molecular weight is 310 g/mol. The first-order valence-electron chi connectivity index (χ1n) is 7.62. The van der Waals surface area contributed by atoms with Gasteiger partial charge in [0.1, 0.15) is 5.60 Å². The number of carbonyl (C=O) groups is 1. The van der Waals surface area contributed by atoms with Crippen LogP contribution in [0.2, 0.25) is 0 Å². The van der Waals surface area contributed by atoms with Gasteiger partial charge in [0.15, 0.2) is 0 Å². The fourth-order valence-corrected chi connectivity index (χ4v) is 3.81. The molecule has 2 unspecified atom stereocenters. The molecule has 2 N–H and O–H groups in total. The molecule has 4 nitrogen and oxygen atoms in total. The first-order chi connectivity index (χ1) is 9.90. The maximum absolute atomic E-state index is 12.2. The fraction of sp³-hybridized carbons (Fsp3) is 0.688. The Balaban J connectivity index is 2.01. The largest absolute Gasteiger partial charge is 0.444 e. The number of carbonyl (C=O) groups excluding carboxylic acids is 1. The lowest BCUT2D eigenvalue weighted by molar-refractivity contribution is 0.0153. The van der Waals surface area contributed by atoms with E-state index in [-0.39, 0.29) is 6.09 Å². The summed E-state index contributed by atoms with van der Waals surface area (Å²) < 4.78 is 5.49. The molecule has 1 fully saturated rings. The standard InChI is InChI=1S/C16H26N2O2S/c1-16(2,3)20-15(19)18-8-4-6-12(11-18)13(10-17)14-7-5-9-21-14/h5,7,9,12-13H,4,6,8,10-11,17H2,1-3H3. The van der Waals surface area contributed by atoms with Crippen molar-refractivity contribution in [1.29, 1.82) is 0 Å². The van der Waals surface area contributed by atoms with Crippen LogP contribution in [-0.4, -0.2) is 36.2 Å². The zero-order valence-electron chi connectivity index (χ0n) is 13.2. The van der Waals surface area contributed by atoms with Crippen molar-refractivity contribution in [1.82, 2.24) is 4.90 Å². The number of nitrogens with two attached hydrogens (primary N) is 1. The predicted octanol–water partition coefficient (Wildman–Crippen LogP) is 3.44. The van der Waals surface area contributed by atoms with Gasteiger partial charge in [0, 0.05) is 30.4 Å². The number of rotatable bonds is 3. The zero-order chi connectivity index (χ0) is 15.5. The van der Waals surface area contributed by atoms with E-state index in [2.05, 4.69) is 17.5 Å². The third-order valence-electron chi connectivity index (χ3n) is 3.84. The zero-order valence-corrected chi connectivity index (χ0v) is 14.0. The second kappa shape index (κ2) is 6.79. The van der Waals surface area contributed by atoms with E-state index in [1.54, 1.807) is 11.3 Å². The highest BCUT2D eigenvalue weighted by atomic mass is 32.1. The molecule has 1 amide bonds. The van der Waals surface area contributed by atoms with Gasteiger partial charge in [-0.25, -0.2) is 4.79 Å². The van der Waals surface area contributed by atoms with Crippen molar-refractivity contribution in [2.24, 2.45) is 11.7 Å². The van der Waals surface area contributed by atoms with Crippen molar-refractivity contribution in [2.45, 2.75) is 45.1 Å². The predicted molar refractivity (Wildman–Crippen MR) is 86.6 cm³/mol. The molecule has 1 aliphatic heterocycles. The molecule has 1 aromatic heterocycles. The molecule has 5 heteroatoms. The Morgan fingerprint density at radius 2 is 2.33 bits per heavy atom.